The maximum Gasteiger partial charge on any atom is 0.187 e. The molecule has 8 aliphatic rings. The van der Waals surface area contributed by atoms with Crippen molar-refractivity contribution in [2.45, 2.75) is 197 Å². The number of ether oxygens (including phenoxy) is 15. The van der Waals surface area contributed by atoms with Gasteiger partial charge in [0.15, 0.2) is 50.3 Å². The largest absolute Gasteiger partial charge is 0.394 e. The lowest BCUT2D eigenvalue weighted by atomic mass is 10.0. The summed E-state index contributed by atoms with van der Waals surface area (Å²) in [5, 5.41) is 190. The molecule has 0 aliphatic carbocycles. The second-order valence-corrected chi connectivity index (χ2v) is 18.7. The average molecular weight is 1070 g/mol. The number of aliphatic hydroxyl groups excluding tert-OH is 18. The summed E-state index contributed by atoms with van der Waals surface area (Å²) in [5.74, 6) is 0. The van der Waals surface area contributed by atoms with Gasteiger partial charge in [-0.2, -0.15) is 0 Å². The summed E-state index contributed by atoms with van der Waals surface area (Å²) in [5.41, 5.74) is 0. The van der Waals surface area contributed by atoms with Crippen molar-refractivity contribution >= 4 is 0 Å². The molecule has 0 bridgehead atoms. The van der Waals surface area contributed by atoms with E-state index in [1.807, 2.05) is 0 Å². The second kappa shape index (κ2) is 24.8. The third-order valence-corrected chi connectivity index (χ3v) is 13.7. The fourth-order valence-electron chi connectivity index (χ4n) is 9.26. The molecule has 8 fully saturated rings. The lowest BCUT2D eigenvalue weighted by Crippen LogP contribution is -2.64. The first-order valence-electron chi connectivity index (χ1n) is 23.4. The van der Waals surface area contributed by atoms with Crippen molar-refractivity contribution < 1.29 is 163 Å². The van der Waals surface area contributed by atoms with Crippen LogP contribution in [-0.2, 0) is 71.1 Å². The molecule has 32 atom stereocenters. The molecule has 18 N–H and O–H groups in total. The Morgan fingerprint density at radius 3 is 0.959 bits per heavy atom. The van der Waals surface area contributed by atoms with E-state index < -0.39 is 250 Å². The van der Waals surface area contributed by atoms with Gasteiger partial charge in [-0.05, 0) is 0 Å². The highest BCUT2D eigenvalue weighted by molar-refractivity contribution is 4.97. The van der Waals surface area contributed by atoms with Crippen LogP contribution in [0.2, 0.25) is 0 Å². The molecule has 0 aromatic heterocycles. The van der Waals surface area contributed by atoms with Crippen LogP contribution < -0.4 is 0 Å². The summed E-state index contributed by atoms with van der Waals surface area (Å²) in [6.07, 6.45) is -54.4. The van der Waals surface area contributed by atoms with Gasteiger partial charge in [0.1, 0.15) is 146 Å². The summed E-state index contributed by atoms with van der Waals surface area (Å²) >= 11 is 0. The lowest BCUT2D eigenvalue weighted by molar-refractivity contribution is -0.380. The van der Waals surface area contributed by atoms with Gasteiger partial charge in [0.05, 0.1) is 52.9 Å². The van der Waals surface area contributed by atoms with Crippen molar-refractivity contribution in [1.29, 1.82) is 0 Å². The van der Waals surface area contributed by atoms with Crippen LogP contribution in [0.25, 0.3) is 0 Å². The van der Waals surface area contributed by atoms with Crippen molar-refractivity contribution in [3.63, 3.8) is 0 Å². The van der Waals surface area contributed by atoms with Crippen LogP contribution in [0.1, 0.15) is 0 Å². The van der Waals surface area contributed by atoms with Gasteiger partial charge < -0.3 is 163 Å². The second-order valence-electron chi connectivity index (χ2n) is 18.7. The van der Waals surface area contributed by atoms with E-state index in [4.69, 9.17) is 71.1 Å². The molecule has 0 unspecified atom stereocenters. The lowest BCUT2D eigenvalue weighted by Gasteiger charge is -2.47. The molecule has 0 radical (unpaired) electrons. The highest BCUT2D eigenvalue weighted by Crippen LogP contribution is 2.36. The van der Waals surface area contributed by atoms with Crippen LogP contribution in [0.5, 0.6) is 0 Å². The molecular formula is C40H66O33. The van der Waals surface area contributed by atoms with Crippen LogP contribution in [-0.4, -0.2) is 342 Å². The predicted octanol–water partition coefficient (Wildman–Crippen LogP) is -13.3. The Balaban J connectivity index is 0.952. The van der Waals surface area contributed by atoms with Crippen molar-refractivity contribution in [2.75, 3.05) is 52.9 Å². The van der Waals surface area contributed by atoms with Gasteiger partial charge in [0, 0.05) is 0 Å². The molecule has 0 aromatic carbocycles. The Hall–Kier alpha value is -1.32. The zero-order valence-electron chi connectivity index (χ0n) is 38.3. The molecule has 424 valence electrons. The molecular weight excluding hydrogens is 1010 g/mol. The van der Waals surface area contributed by atoms with E-state index in [1.165, 1.54) is 0 Å². The fourth-order valence-corrected chi connectivity index (χ4v) is 9.26. The van der Waals surface area contributed by atoms with Crippen molar-refractivity contribution in [3.8, 4) is 0 Å². The number of aliphatic hydroxyl groups is 18. The number of rotatable bonds is 16. The summed E-state index contributed by atoms with van der Waals surface area (Å²) in [4.78, 5) is 0. The Kier molecular flexibility index (Phi) is 19.6. The summed E-state index contributed by atoms with van der Waals surface area (Å²) < 4.78 is 84.6. The highest BCUT2D eigenvalue weighted by Gasteiger charge is 2.56. The van der Waals surface area contributed by atoms with Crippen molar-refractivity contribution in [2.24, 2.45) is 0 Å². The van der Waals surface area contributed by atoms with E-state index in [9.17, 15) is 91.9 Å². The highest BCUT2D eigenvalue weighted by atomic mass is 16.8. The van der Waals surface area contributed by atoms with Gasteiger partial charge in [-0.15, -0.1) is 0 Å². The van der Waals surface area contributed by atoms with Crippen LogP contribution in [0.15, 0.2) is 0 Å². The number of hydrogen-bond donors (Lipinski definition) is 18. The summed E-state index contributed by atoms with van der Waals surface area (Å²) in [6, 6.07) is 0. The average Bonchev–Trinajstić information content (AvgIpc) is 3.81. The monoisotopic (exact) mass is 1070 g/mol. The smallest absolute Gasteiger partial charge is 0.187 e. The van der Waals surface area contributed by atoms with E-state index in [2.05, 4.69) is 0 Å². The van der Waals surface area contributed by atoms with Gasteiger partial charge in [-0.3, -0.25) is 0 Å². The fraction of sp³-hybridized carbons (Fsp3) is 1.00. The van der Waals surface area contributed by atoms with E-state index >= 15 is 0 Å². The van der Waals surface area contributed by atoms with Gasteiger partial charge in [0.25, 0.3) is 0 Å². The molecule has 8 rings (SSSR count). The van der Waals surface area contributed by atoms with E-state index in [1.54, 1.807) is 0 Å². The molecule has 33 heteroatoms. The zero-order chi connectivity index (χ0) is 52.7. The third kappa shape index (κ3) is 12.3. The molecule has 0 saturated carbocycles. The van der Waals surface area contributed by atoms with E-state index in [0.717, 1.165) is 0 Å². The minimum atomic E-state index is -2.05. The minimum absolute atomic E-state index is 0.434. The van der Waals surface area contributed by atoms with Crippen molar-refractivity contribution in [1.82, 2.24) is 0 Å². The molecule has 0 aromatic rings. The quantitative estimate of drug-likeness (QED) is 0.0682. The molecule has 8 heterocycles. The Morgan fingerprint density at radius 2 is 0.575 bits per heavy atom. The Bertz CT molecular complexity index is 1710. The van der Waals surface area contributed by atoms with E-state index in [-0.39, 0.29) is 0 Å². The van der Waals surface area contributed by atoms with Gasteiger partial charge in [-0.1, -0.05) is 0 Å². The molecule has 0 spiro atoms. The Labute approximate surface area is 412 Å². The normalized spacial score (nSPS) is 54.2. The van der Waals surface area contributed by atoms with E-state index in [0.29, 0.717) is 0 Å². The standard InChI is InChI=1S/C40H66O33/c41-1-10-18(45)27(54)39(65-10)72-31-15(70-36-26(53)21(48)13(5-62-36)68-34-24(51)17(44)9(43)3-60-34)7-64-38(30(31)57)71-16-8-63-37(29(56)32(16)73-40-28(55)19(46)11(2-42)66-40)69-14-6-61-35(25(52)22(14)49)67-12-4-59-33(58)23(50)20(12)47/h9-58H,1-8H2/t9-,10+,11+,12-,13-,14-,15-,16-,17+,18+,19+,20+,21+,22+,23-,24-,25-,26-,27-,28-,29-,30-,31+,32+,33-,34+,35+,36+,37+,38+,39+,40+/m1/s1. The number of hydrogen-bond acceptors (Lipinski definition) is 33. The maximum atomic E-state index is 11.9. The van der Waals surface area contributed by atoms with Crippen LogP contribution >= 0.6 is 0 Å². The SMILES string of the molecule is OC[C@@H]1O[C@@H](O[C@@H]2[C@@H](O)[C@H](O[C@@H]3CO[C@@H](O[C@@H]4CO[C@@H](O[C@@H]5CO[C@@H](O)[C@H](O)[C@H]5O)[C@H](O)[C@H]4O)[C@H](O)[C@H]3O[C@@H]3O[C@@H](CO)[C@H](O)[C@H]3O)OC[C@H]2O[C@@H]2OC[C@@H](O[C@@H]3OC[C@@H](O)[C@H](O)[C@H]3O)[C@H](O)[C@H]2O)[C@H](O)[C@H]1O. The van der Waals surface area contributed by atoms with Gasteiger partial charge in [0.2, 0.25) is 0 Å². The molecule has 0 amide bonds. The topological polar surface area (TPSA) is 503 Å². The van der Waals surface area contributed by atoms with Crippen molar-refractivity contribution in [3.05, 3.63) is 0 Å². The summed E-state index contributed by atoms with van der Waals surface area (Å²) in [7, 11) is 0. The molecule has 33 nitrogen and oxygen atoms in total. The van der Waals surface area contributed by atoms with Gasteiger partial charge >= 0.3 is 0 Å². The first kappa shape index (κ1) is 57.8. The minimum Gasteiger partial charge on any atom is -0.394 e. The molecule has 8 aliphatic heterocycles. The predicted molar refractivity (Wildman–Crippen MR) is 216 cm³/mol. The van der Waals surface area contributed by atoms with Crippen LogP contribution in [0, 0.1) is 0 Å². The summed E-state index contributed by atoms with van der Waals surface area (Å²) in [6.45, 7) is -4.81. The Morgan fingerprint density at radius 1 is 0.274 bits per heavy atom. The third-order valence-electron chi connectivity index (χ3n) is 13.7. The van der Waals surface area contributed by atoms with Gasteiger partial charge in [-0.25, -0.2) is 0 Å². The first-order valence-corrected chi connectivity index (χ1v) is 23.4. The molecule has 73 heavy (non-hydrogen) atoms. The zero-order valence-corrected chi connectivity index (χ0v) is 38.3. The molecule has 8 saturated heterocycles. The van der Waals surface area contributed by atoms with Crippen LogP contribution in [0.3, 0.4) is 0 Å². The first-order chi connectivity index (χ1) is 34.7. The van der Waals surface area contributed by atoms with Crippen LogP contribution in [0.4, 0.5) is 0 Å². The maximum absolute atomic E-state index is 11.9.